The maximum atomic E-state index is 15.1. The van der Waals surface area contributed by atoms with E-state index in [9.17, 15) is 14.7 Å². The van der Waals surface area contributed by atoms with Crippen LogP contribution in [-0.2, 0) is 22.7 Å². The highest BCUT2D eigenvalue weighted by Gasteiger charge is 2.37. The number of carbonyl (C=O) groups is 2. The Balaban J connectivity index is 1.31. The lowest BCUT2D eigenvalue weighted by Gasteiger charge is -2.39. The van der Waals surface area contributed by atoms with Gasteiger partial charge >= 0.3 is 0 Å². The molecule has 0 bridgehead atoms. The molecule has 10 nitrogen and oxygen atoms in total. The third kappa shape index (κ3) is 3.96. The summed E-state index contributed by atoms with van der Waals surface area (Å²) in [5.41, 5.74) is 9.40. The highest BCUT2D eigenvalue weighted by molar-refractivity contribution is 6.49. The van der Waals surface area contributed by atoms with Gasteiger partial charge in [0, 0.05) is 56.1 Å². The van der Waals surface area contributed by atoms with Gasteiger partial charge in [-0.1, -0.05) is 6.07 Å². The quantitative estimate of drug-likeness (QED) is 0.328. The van der Waals surface area contributed by atoms with Crippen LogP contribution in [0.1, 0.15) is 29.7 Å². The van der Waals surface area contributed by atoms with E-state index in [1.165, 1.54) is 12.1 Å². The summed E-state index contributed by atoms with van der Waals surface area (Å²) in [7, 11) is 0. The number of imide groups is 1. The molecule has 1 aromatic carbocycles. The van der Waals surface area contributed by atoms with Crippen molar-refractivity contribution in [2.24, 2.45) is 11.7 Å². The summed E-state index contributed by atoms with van der Waals surface area (Å²) in [6.07, 6.45) is 6.29. The van der Waals surface area contributed by atoms with E-state index < -0.39 is 24.0 Å². The molecule has 40 heavy (non-hydrogen) atoms. The van der Waals surface area contributed by atoms with Crippen LogP contribution in [0, 0.1) is 11.7 Å². The number of piperidine rings is 1. The number of fused-ring (bicyclic) bond motifs is 1. The largest absolute Gasteiger partial charge is 0.365 e. The number of hydrogen-bond acceptors (Lipinski definition) is 7. The number of imidazole rings is 1. The molecule has 1 saturated heterocycles. The zero-order chi connectivity index (χ0) is 27.5. The number of benzene rings is 1. The number of pyridine rings is 1. The number of aliphatic hydroxyl groups excluding tert-OH is 1. The number of aromatic nitrogens is 3. The maximum Gasteiger partial charge on any atom is 0.261 e. The van der Waals surface area contributed by atoms with Gasteiger partial charge in [-0.3, -0.25) is 29.1 Å². The number of carbonyl (C=O) groups excluding carboxylic acids is 2. The monoisotopic (exact) mass is 543 g/mol. The Bertz CT molecular complexity index is 1700. The second kappa shape index (κ2) is 9.63. The van der Waals surface area contributed by atoms with Crippen molar-refractivity contribution in [3.8, 4) is 0 Å². The van der Waals surface area contributed by atoms with Crippen LogP contribution in [0.4, 0.5) is 4.39 Å². The van der Waals surface area contributed by atoms with Gasteiger partial charge < -0.3 is 15.4 Å². The Hall–Kier alpha value is -3.90. The summed E-state index contributed by atoms with van der Waals surface area (Å²) in [5.74, 6) is -0.994. The molecule has 0 radical (unpaired) electrons. The van der Waals surface area contributed by atoms with Crippen molar-refractivity contribution in [3.05, 3.63) is 71.6 Å². The van der Waals surface area contributed by atoms with E-state index in [-0.39, 0.29) is 11.1 Å². The zero-order valence-electron chi connectivity index (χ0n) is 21.9. The van der Waals surface area contributed by atoms with Gasteiger partial charge in [0.05, 0.1) is 28.6 Å². The molecule has 0 saturated carbocycles. The van der Waals surface area contributed by atoms with E-state index in [0.29, 0.717) is 54.4 Å². The van der Waals surface area contributed by atoms with Gasteiger partial charge in [0.2, 0.25) is 0 Å². The SMILES string of the molecule is NCC1CCN(C(O)N2CCn3cc(C4=C(c5cnc6ccccn56)C(=O)NC4=O)c4cc(F)cc(c43)C2)CC1. The van der Waals surface area contributed by atoms with Crippen molar-refractivity contribution >= 4 is 39.5 Å². The summed E-state index contributed by atoms with van der Waals surface area (Å²) in [6.45, 7) is 3.59. The molecular weight excluding hydrogens is 513 g/mol. The molecule has 0 aliphatic carbocycles. The van der Waals surface area contributed by atoms with Crippen LogP contribution in [0.5, 0.6) is 0 Å². The Kier molecular flexibility index (Phi) is 6.04. The molecule has 206 valence electrons. The summed E-state index contributed by atoms with van der Waals surface area (Å²) in [4.78, 5) is 34.7. The van der Waals surface area contributed by atoms with E-state index in [1.807, 2.05) is 33.9 Å². The van der Waals surface area contributed by atoms with Crippen LogP contribution >= 0.6 is 0 Å². The molecule has 11 heteroatoms. The number of nitrogens with zero attached hydrogens (tertiary/aromatic N) is 5. The van der Waals surface area contributed by atoms with E-state index >= 15 is 4.39 Å². The third-order valence-electron chi connectivity index (χ3n) is 8.53. The van der Waals surface area contributed by atoms with Gasteiger partial charge in [-0.25, -0.2) is 9.37 Å². The van der Waals surface area contributed by atoms with Gasteiger partial charge in [0.1, 0.15) is 11.5 Å². The number of rotatable bonds is 5. The van der Waals surface area contributed by atoms with E-state index in [0.717, 1.165) is 37.0 Å². The summed E-state index contributed by atoms with van der Waals surface area (Å²) in [5, 5.41) is 14.2. The van der Waals surface area contributed by atoms with E-state index in [2.05, 4.69) is 15.2 Å². The highest BCUT2D eigenvalue weighted by atomic mass is 19.1. The molecule has 1 unspecified atom stereocenters. The molecule has 2 amide bonds. The Morgan fingerprint density at radius 3 is 2.67 bits per heavy atom. The molecule has 4 aromatic rings. The lowest BCUT2D eigenvalue weighted by molar-refractivity contribution is -0.126. The first-order valence-corrected chi connectivity index (χ1v) is 13.6. The second-order valence-electron chi connectivity index (χ2n) is 10.8. The number of halogens is 1. The van der Waals surface area contributed by atoms with Crippen LogP contribution in [0.2, 0.25) is 0 Å². The van der Waals surface area contributed by atoms with Crippen molar-refractivity contribution in [1.29, 1.82) is 0 Å². The topological polar surface area (TPSA) is 121 Å². The van der Waals surface area contributed by atoms with Crippen LogP contribution in [0.15, 0.2) is 48.9 Å². The first-order chi connectivity index (χ1) is 19.4. The fourth-order valence-electron chi connectivity index (χ4n) is 6.44. The molecule has 3 aromatic heterocycles. The number of hydrogen-bond donors (Lipinski definition) is 3. The summed E-state index contributed by atoms with van der Waals surface area (Å²) in [6, 6.07) is 8.41. The normalized spacial score (nSPS) is 20.1. The lowest BCUT2D eigenvalue weighted by Crippen LogP contribution is -2.51. The van der Waals surface area contributed by atoms with E-state index in [4.69, 9.17) is 5.73 Å². The molecule has 6 heterocycles. The second-order valence-corrected chi connectivity index (χ2v) is 10.8. The number of nitrogens with two attached hydrogens (primary N) is 1. The number of nitrogens with one attached hydrogen (secondary N) is 1. The van der Waals surface area contributed by atoms with Gasteiger partial charge in [-0.15, -0.1) is 0 Å². The molecule has 3 aliphatic heterocycles. The molecule has 1 fully saturated rings. The standard InChI is InChI=1S/C29H30FN7O3/c30-19-11-18-15-36(29(40)34-7-4-17(13-31)5-8-34)10-9-35-16-21(20(12-19)26(18)35)24-25(28(39)33-27(24)38)22-14-32-23-3-1-2-6-37(22)23/h1-3,6,11-12,14,16-17,29,40H,4-5,7-10,13,15,31H2,(H,33,38,39). The van der Waals surface area contributed by atoms with Crippen molar-refractivity contribution < 1.29 is 19.1 Å². The Morgan fingerprint density at radius 1 is 1.07 bits per heavy atom. The van der Waals surface area contributed by atoms with Crippen LogP contribution < -0.4 is 11.1 Å². The smallest absolute Gasteiger partial charge is 0.261 e. The fraction of sp³-hybridized carbons (Fsp3) is 0.345. The molecular formula is C29H30FN7O3. The fourth-order valence-corrected chi connectivity index (χ4v) is 6.44. The Morgan fingerprint density at radius 2 is 1.88 bits per heavy atom. The number of aliphatic hydroxyl groups is 1. The molecule has 0 spiro atoms. The van der Waals surface area contributed by atoms with Crippen molar-refractivity contribution in [2.75, 3.05) is 26.2 Å². The molecule has 7 rings (SSSR count). The highest BCUT2D eigenvalue weighted by Crippen LogP contribution is 2.38. The molecule has 1 atom stereocenters. The van der Waals surface area contributed by atoms with Gasteiger partial charge in [0.25, 0.3) is 11.8 Å². The van der Waals surface area contributed by atoms with Gasteiger partial charge in [0.15, 0.2) is 6.35 Å². The number of likely N-dealkylation sites (tertiary alicyclic amines) is 1. The van der Waals surface area contributed by atoms with Crippen molar-refractivity contribution in [3.63, 3.8) is 0 Å². The lowest BCUT2D eigenvalue weighted by atomic mass is 9.97. The molecule has 4 N–H and O–H groups in total. The average molecular weight is 544 g/mol. The predicted molar refractivity (Wildman–Crippen MR) is 147 cm³/mol. The zero-order valence-corrected chi connectivity index (χ0v) is 21.9. The van der Waals surface area contributed by atoms with Crippen molar-refractivity contribution in [2.45, 2.75) is 32.3 Å². The average Bonchev–Trinajstić information content (AvgIpc) is 3.58. The van der Waals surface area contributed by atoms with Gasteiger partial charge in [-0.2, -0.15) is 0 Å². The minimum atomic E-state index is -0.788. The minimum absolute atomic E-state index is 0.205. The van der Waals surface area contributed by atoms with E-state index in [1.54, 1.807) is 16.8 Å². The minimum Gasteiger partial charge on any atom is -0.365 e. The maximum absolute atomic E-state index is 15.1. The Labute approximate surface area is 229 Å². The first kappa shape index (κ1) is 25.1. The van der Waals surface area contributed by atoms with Crippen molar-refractivity contribution in [1.82, 2.24) is 29.1 Å². The van der Waals surface area contributed by atoms with Gasteiger partial charge in [-0.05, 0) is 55.1 Å². The van der Waals surface area contributed by atoms with Crippen LogP contribution in [0.25, 0.3) is 27.7 Å². The molecule has 3 aliphatic rings. The first-order valence-electron chi connectivity index (χ1n) is 13.6. The summed E-state index contributed by atoms with van der Waals surface area (Å²) >= 11 is 0. The van der Waals surface area contributed by atoms with Crippen LogP contribution in [-0.4, -0.2) is 73.2 Å². The van der Waals surface area contributed by atoms with Crippen LogP contribution in [0.3, 0.4) is 0 Å². The number of amides is 2. The predicted octanol–water partition coefficient (Wildman–Crippen LogP) is 1.76. The third-order valence-corrected chi connectivity index (χ3v) is 8.53. The summed E-state index contributed by atoms with van der Waals surface area (Å²) < 4.78 is 18.9.